The Bertz CT molecular complexity index is 1490. The number of allylic oxidation sites excluding steroid dienone is 1. The van der Waals surface area contributed by atoms with Crippen LogP contribution in [0.1, 0.15) is 68.6 Å². The lowest BCUT2D eigenvalue weighted by Crippen LogP contribution is -2.42. The summed E-state index contributed by atoms with van der Waals surface area (Å²) in [6, 6.07) is 15.7. The highest BCUT2D eigenvalue weighted by Gasteiger charge is 2.42. The average Bonchev–Trinajstić information content (AvgIpc) is 3.25. The second kappa shape index (κ2) is 10.3. The van der Waals surface area contributed by atoms with Crippen molar-refractivity contribution in [1.82, 2.24) is 10.3 Å². The zero-order valence-electron chi connectivity index (χ0n) is 23.2. The Morgan fingerprint density at radius 3 is 2.62 bits per heavy atom. The molecule has 5 rings (SSSR count). The van der Waals surface area contributed by atoms with Crippen LogP contribution in [0.15, 0.2) is 60.8 Å². The van der Waals surface area contributed by atoms with Crippen molar-refractivity contribution in [2.24, 2.45) is 0 Å². The van der Waals surface area contributed by atoms with Crippen LogP contribution in [0, 0.1) is 6.92 Å². The Morgan fingerprint density at radius 1 is 1.18 bits per heavy atom. The first kappa shape index (κ1) is 27.2. The van der Waals surface area contributed by atoms with Crippen LogP contribution in [0.2, 0.25) is 5.02 Å². The van der Waals surface area contributed by atoms with Crippen molar-refractivity contribution in [3.8, 4) is 0 Å². The number of amides is 1. The van der Waals surface area contributed by atoms with Crippen LogP contribution in [0.4, 0.5) is 17.1 Å². The van der Waals surface area contributed by atoms with Crippen LogP contribution >= 0.6 is 23.8 Å². The summed E-state index contributed by atoms with van der Waals surface area (Å²) in [7, 11) is 2.11. The van der Waals surface area contributed by atoms with Crippen molar-refractivity contribution in [2.45, 2.75) is 58.7 Å². The molecule has 1 saturated heterocycles. The van der Waals surface area contributed by atoms with Crippen LogP contribution in [-0.2, 0) is 4.79 Å². The van der Waals surface area contributed by atoms with Crippen molar-refractivity contribution >= 4 is 57.5 Å². The van der Waals surface area contributed by atoms with Crippen molar-refractivity contribution < 1.29 is 4.79 Å². The first-order chi connectivity index (χ1) is 18.5. The van der Waals surface area contributed by atoms with Gasteiger partial charge in [0.15, 0.2) is 5.11 Å². The Morgan fingerprint density at radius 2 is 1.95 bits per heavy atom. The summed E-state index contributed by atoms with van der Waals surface area (Å²) in [5, 5.41) is 7.78. The van der Waals surface area contributed by atoms with Crippen LogP contribution in [0.3, 0.4) is 0 Å². The third-order valence-corrected chi connectivity index (χ3v) is 8.48. The number of thiocarbonyl (C=S) groups is 1. The normalized spacial score (nSPS) is 19.9. The number of anilines is 3. The van der Waals surface area contributed by atoms with Gasteiger partial charge in [0.25, 0.3) is 0 Å². The van der Waals surface area contributed by atoms with E-state index in [1.165, 1.54) is 5.57 Å². The third-order valence-electron chi connectivity index (χ3n) is 7.84. The molecule has 3 aromatic rings. The highest BCUT2D eigenvalue weighted by atomic mass is 35.5. The monoisotopic (exact) mass is 559 g/mol. The number of likely N-dealkylation sites (N-methyl/N-ethyl adjacent to an activating group) is 1. The van der Waals surface area contributed by atoms with E-state index in [1.54, 1.807) is 6.20 Å². The van der Waals surface area contributed by atoms with Crippen LogP contribution in [0.5, 0.6) is 0 Å². The van der Waals surface area contributed by atoms with Crippen LogP contribution < -0.4 is 20.4 Å². The molecule has 2 aromatic carbocycles. The molecule has 6 nitrogen and oxygen atoms in total. The molecule has 3 heterocycles. The molecule has 0 radical (unpaired) electrons. The van der Waals surface area contributed by atoms with Gasteiger partial charge in [-0.15, -0.1) is 0 Å². The summed E-state index contributed by atoms with van der Waals surface area (Å²) in [6.07, 6.45) is 4.52. The number of fused-ring (bicyclic) bond motifs is 1. The number of nitrogens with one attached hydrogen (secondary N) is 2. The topological polar surface area (TPSA) is 60.5 Å². The number of benzene rings is 2. The number of nitrogens with zero attached hydrogens (tertiary/aromatic N) is 3. The molecule has 1 amide bonds. The molecule has 0 bridgehead atoms. The quantitative estimate of drug-likeness (QED) is 0.322. The molecule has 2 aliphatic rings. The SMILES string of the molecule is CCC(=O)Nc1ccc(N2C(=S)NC(c3ccccn3)C2c2cc3c(cc2Cl)N(C)C(C)(C)C=C3C)cc1C. The molecule has 1 aromatic heterocycles. The molecule has 0 saturated carbocycles. The van der Waals surface area contributed by atoms with E-state index in [0.29, 0.717) is 16.6 Å². The van der Waals surface area contributed by atoms with E-state index in [-0.39, 0.29) is 23.5 Å². The Balaban J connectivity index is 1.65. The summed E-state index contributed by atoms with van der Waals surface area (Å²) in [5.41, 5.74) is 7.88. The smallest absolute Gasteiger partial charge is 0.224 e. The predicted molar refractivity (Wildman–Crippen MR) is 166 cm³/mol. The number of carbonyl (C=O) groups excluding carboxylic acids is 1. The number of hydrogen-bond acceptors (Lipinski definition) is 4. The minimum atomic E-state index is -0.242. The highest BCUT2D eigenvalue weighted by molar-refractivity contribution is 7.80. The molecule has 202 valence electrons. The minimum Gasteiger partial charge on any atom is -0.365 e. The molecule has 2 atom stereocenters. The van der Waals surface area contributed by atoms with Gasteiger partial charge in [-0.2, -0.15) is 0 Å². The van der Waals surface area contributed by atoms with Gasteiger partial charge >= 0.3 is 0 Å². The van der Waals surface area contributed by atoms with Crippen LogP contribution in [-0.4, -0.2) is 28.6 Å². The predicted octanol–water partition coefficient (Wildman–Crippen LogP) is 7.20. The number of halogens is 1. The van der Waals surface area contributed by atoms with Gasteiger partial charge in [0.1, 0.15) is 0 Å². The lowest BCUT2D eigenvalue weighted by molar-refractivity contribution is -0.115. The molecule has 0 aliphatic carbocycles. The minimum absolute atomic E-state index is 0.0188. The number of rotatable bonds is 5. The molecule has 2 unspecified atom stereocenters. The van der Waals surface area contributed by atoms with E-state index in [4.69, 9.17) is 23.8 Å². The molecule has 1 fully saturated rings. The molecule has 0 spiro atoms. The second-order valence-electron chi connectivity index (χ2n) is 10.8. The summed E-state index contributed by atoms with van der Waals surface area (Å²) in [5.74, 6) is -0.0188. The Kier molecular flexibility index (Phi) is 7.16. The summed E-state index contributed by atoms with van der Waals surface area (Å²) >= 11 is 13.1. The van der Waals surface area contributed by atoms with Crippen LogP contribution in [0.25, 0.3) is 5.57 Å². The fraction of sp³-hybridized carbons (Fsp3) is 0.323. The van der Waals surface area contributed by atoms with Gasteiger partial charge in [0, 0.05) is 47.3 Å². The molecule has 2 N–H and O–H groups in total. The van der Waals surface area contributed by atoms with Gasteiger partial charge in [0.05, 0.1) is 23.3 Å². The zero-order chi connectivity index (χ0) is 28.1. The highest BCUT2D eigenvalue weighted by Crippen LogP contribution is 2.48. The van der Waals surface area contributed by atoms with Gasteiger partial charge in [-0.3, -0.25) is 9.78 Å². The van der Waals surface area contributed by atoms with Crippen molar-refractivity contribution in [1.29, 1.82) is 0 Å². The fourth-order valence-corrected chi connectivity index (χ4v) is 6.16. The van der Waals surface area contributed by atoms with E-state index < -0.39 is 0 Å². The summed E-state index contributed by atoms with van der Waals surface area (Å²) in [6.45, 7) is 10.4. The third kappa shape index (κ3) is 4.90. The molecule has 2 aliphatic heterocycles. The molecular formula is C31H34ClN5OS. The lowest BCUT2D eigenvalue weighted by atomic mass is 9.86. The largest absolute Gasteiger partial charge is 0.365 e. The first-order valence-electron chi connectivity index (χ1n) is 13.2. The van der Waals surface area contributed by atoms with Crippen molar-refractivity contribution in [2.75, 3.05) is 22.2 Å². The molecule has 8 heteroatoms. The average molecular weight is 560 g/mol. The second-order valence-corrected chi connectivity index (χ2v) is 11.6. The number of aromatic nitrogens is 1. The van der Waals surface area contributed by atoms with Gasteiger partial charge in [-0.25, -0.2) is 0 Å². The van der Waals surface area contributed by atoms with E-state index in [2.05, 4.69) is 77.5 Å². The van der Waals surface area contributed by atoms with Gasteiger partial charge in [-0.1, -0.05) is 30.7 Å². The van der Waals surface area contributed by atoms with Gasteiger partial charge in [0.2, 0.25) is 5.91 Å². The van der Waals surface area contributed by atoms with E-state index in [1.807, 2.05) is 44.2 Å². The maximum atomic E-state index is 12.0. The lowest BCUT2D eigenvalue weighted by Gasteiger charge is -2.41. The van der Waals surface area contributed by atoms with E-state index in [9.17, 15) is 4.79 Å². The number of pyridine rings is 1. The van der Waals surface area contributed by atoms with Crippen molar-refractivity contribution in [3.63, 3.8) is 0 Å². The van der Waals surface area contributed by atoms with Crippen molar-refractivity contribution in [3.05, 3.63) is 88.2 Å². The standard InChI is InChI=1S/C31H34ClN5OS/c1-7-27(38)34-24-12-11-20(14-18(24)2)37-29(28(35-30(37)39)25-10-8-9-13-33-25)22-15-21-19(3)17-31(4,5)36(6)26(21)16-23(22)32/h8-17,28-29H,7H2,1-6H3,(H,34,38)(H,35,39). The van der Waals surface area contributed by atoms with Gasteiger partial charge in [-0.05, 0) is 99.1 Å². The molecular weight excluding hydrogens is 526 g/mol. The summed E-state index contributed by atoms with van der Waals surface area (Å²) < 4.78 is 0. The first-order valence-corrected chi connectivity index (χ1v) is 14.0. The maximum Gasteiger partial charge on any atom is 0.224 e. The summed E-state index contributed by atoms with van der Waals surface area (Å²) in [4.78, 5) is 21.1. The van der Waals surface area contributed by atoms with E-state index in [0.717, 1.165) is 39.4 Å². The van der Waals surface area contributed by atoms with E-state index >= 15 is 0 Å². The maximum absolute atomic E-state index is 12.0. The number of aryl methyl sites for hydroxylation is 1. The fourth-order valence-electron chi connectivity index (χ4n) is 5.54. The molecule has 39 heavy (non-hydrogen) atoms. The number of hydrogen-bond donors (Lipinski definition) is 2. The number of carbonyl (C=O) groups is 1. The van der Waals surface area contributed by atoms with Gasteiger partial charge < -0.3 is 20.4 Å². The Labute approximate surface area is 241 Å². The Hall–Kier alpha value is -3.42. The zero-order valence-corrected chi connectivity index (χ0v) is 24.7.